The lowest BCUT2D eigenvalue weighted by atomic mass is 10.1. The van der Waals surface area contributed by atoms with E-state index in [0.29, 0.717) is 12.6 Å². The van der Waals surface area contributed by atoms with Crippen molar-refractivity contribution < 1.29 is 9.84 Å². The minimum Gasteiger partial charge on any atom is -0.389 e. The Hall–Kier alpha value is -1.34. The lowest BCUT2D eigenvalue weighted by Gasteiger charge is -2.28. The topological polar surface area (TPSA) is 32.7 Å². The van der Waals surface area contributed by atoms with Crippen LogP contribution in [0, 0.1) is 19.3 Å². The Morgan fingerprint density at radius 2 is 2.15 bits per heavy atom. The van der Waals surface area contributed by atoms with E-state index < -0.39 is 6.10 Å². The molecule has 3 nitrogen and oxygen atoms in total. The van der Waals surface area contributed by atoms with E-state index in [4.69, 9.17) is 11.2 Å². The summed E-state index contributed by atoms with van der Waals surface area (Å²) in [5.41, 5.74) is 2.51. The van der Waals surface area contributed by atoms with Crippen LogP contribution < -0.4 is 0 Å². The molecular formula is C17H25NO2. The van der Waals surface area contributed by atoms with Gasteiger partial charge < -0.3 is 9.84 Å². The number of aryl methyl sites for hydroxylation is 1. The summed E-state index contributed by atoms with van der Waals surface area (Å²) in [5, 5.41) is 9.99. The third-order valence-corrected chi connectivity index (χ3v) is 3.14. The van der Waals surface area contributed by atoms with E-state index in [2.05, 4.69) is 55.9 Å². The van der Waals surface area contributed by atoms with Crippen LogP contribution in [0.2, 0.25) is 0 Å². The van der Waals surface area contributed by atoms with Gasteiger partial charge in [0.2, 0.25) is 0 Å². The molecule has 20 heavy (non-hydrogen) atoms. The van der Waals surface area contributed by atoms with Crippen molar-refractivity contribution in [3.05, 3.63) is 35.4 Å². The maximum atomic E-state index is 9.99. The van der Waals surface area contributed by atoms with E-state index in [-0.39, 0.29) is 13.2 Å². The van der Waals surface area contributed by atoms with E-state index in [1.807, 2.05) is 0 Å². The molecule has 0 aliphatic carbocycles. The van der Waals surface area contributed by atoms with Gasteiger partial charge >= 0.3 is 0 Å². The minimum absolute atomic E-state index is 0.247. The molecule has 1 unspecified atom stereocenters. The molecule has 0 saturated heterocycles. The molecule has 3 heteroatoms. The number of benzene rings is 1. The van der Waals surface area contributed by atoms with Gasteiger partial charge in [0.25, 0.3) is 0 Å². The Morgan fingerprint density at radius 1 is 1.40 bits per heavy atom. The van der Waals surface area contributed by atoms with Crippen LogP contribution in [0.25, 0.3) is 0 Å². The van der Waals surface area contributed by atoms with Crippen molar-refractivity contribution in [3.8, 4) is 12.3 Å². The van der Waals surface area contributed by atoms with E-state index in [1.54, 1.807) is 0 Å². The second-order valence-corrected chi connectivity index (χ2v) is 5.39. The summed E-state index contributed by atoms with van der Waals surface area (Å²) < 4.78 is 5.18. The largest absolute Gasteiger partial charge is 0.389 e. The molecule has 1 rings (SSSR count). The van der Waals surface area contributed by atoms with Gasteiger partial charge in [0.15, 0.2) is 0 Å². The van der Waals surface area contributed by atoms with E-state index in [9.17, 15) is 5.11 Å². The summed E-state index contributed by atoms with van der Waals surface area (Å²) in [6.07, 6.45) is 4.60. The highest BCUT2D eigenvalue weighted by molar-refractivity contribution is 5.22. The highest BCUT2D eigenvalue weighted by Crippen LogP contribution is 2.11. The van der Waals surface area contributed by atoms with Gasteiger partial charge in [-0.25, -0.2) is 0 Å². The fraction of sp³-hybridized carbons (Fsp3) is 0.529. The number of rotatable bonds is 8. The van der Waals surface area contributed by atoms with Crippen molar-refractivity contribution in [2.75, 3.05) is 19.8 Å². The van der Waals surface area contributed by atoms with Crippen molar-refractivity contribution in [2.45, 2.75) is 39.5 Å². The summed E-state index contributed by atoms with van der Waals surface area (Å²) in [6, 6.07) is 8.81. The molecule has 110 valence electrons. The van der Waals surface area contributed by atoms with Crippen LogP contribution in [0.5, 0.6) is 0 Å². The zero-order chi connectivity index (χ0) is 15.0. The summed E-state index contributed by atoms with van der Waals surface area (Å²) in [6.45, 7) is 8.28. The average molecular weight is 275 g/mol. The lowest BCUT2D eigenvalue weighted by Crippen LogP contribution is -2.38. The van der Waals surface area contributed by atoms with E-state index in [1.165, 1.54) is 11.1 Å². The molecule has 0 fully saturated rings. The Bertz CT molecular complexity index is 437. The van der Waals surface area contributed by atoms with Crippen molar-refractivity contribution in [1.82, 2.24) is 4.90 Å². The molecule has 0 aliphatic rings. The average Bonchev–Trinajstić information content (AvgIpc) is 2.38. The monoisotopic (exact) mass is 275 g/mol. The van der Waals surface area contributed by atoms with Gasteiger partial charge in [0.05, 0.1) is 12.7 Å². The molecule has 0 spiro atoms. The van der Waals surface area contributed by atoms with Crippen LogP contribution in [0.15, 0.2) is 24.3 Å². The molecule has 0 radical (unpaired) electrons. The number of nitrogens with zero attached hydrogens (tertiary/aromatic N) is 1. The van der Waals surface area contributed by atoms with Gasteiger partial charge in [-0.1, -0.05) is 35.7 Å². The zero-order valence-electron chi connectivity index (χ0n) is 12.7. The molecule has 1 aromatic carbocycles. The van der Waals surface area contributed by atoms with Crippen molar-refractivity contribution in [2.24, 2.45) is 0 Å². The number of aliphatic hydroxyl groups excluding tert-OH is 1. The molecule has 1 N–H and O–H groups in total. The predicted molar refractivity (Wildman–Crippen MR) is 82.4 cm³/mol. The molecule has 0 aliphatic heterocycles. The molecule has 0 aromatic heterocycles. The number of hydrogen-bond donors (Lipinski definition) is 1. The fourth-order valence-electron chi connectivity index (χ4n) is 2.08. The summed E-state index contributed by atoms with van der Waals surface area (Å²) in [5.74, 6) is 2.40. The summed E-state index contributed by atoms with van der Waals surface area (Å²) >= 11 is 0. The Labute approximate surface area is 122 Å². The van der Waals surface area contributed by atoms with Crippen LogP contribution in [0.4, 0.5) is 0 Å². The van der Waals surface area contributed by atoms with Crippen LogP contribution in [0.1, 0.15) is 25.0 Å². The fourth-order valence-corrected chi connectivity index (χ4v) is 2.08. The number of hydrogen-bond acceptors (Lipinski definition) is 3. The van der Waals surface area contributed by atoms with Gasteiger partial charge in [-0.15, -0.1) is 6.42 Å². The molecule has 1 aromatic rings. The normalized spacial score (nSPS) is 12.7. The smallest absolute Gasteiger partial charge is 0.107 e. The van der Waals surface area contributed by atoms with Crippen molar-refractivity contribution in [1.29, 1.82) is 0 Å². The lowest BCUT2D eigenvalue weighted by molar-refractivity contribution is 0.0192. The standard InChI is InChI=1S/C17H25NO2/c1-5-9-20-13-17(19)12-18(14(2)3)11-16-8-6-7-15(4)10-16/h1,6-8,10,14,17,19H,9,11-13H2,2-4H3. The molecule has 0 heterocycles. The Balaban J connectivity index is 2.54. The van der Waals surface area contributed by atoms with E-state index in [0.717, 1.165) is 6.54 Å². The Kier molecular flexibility index (Phi) is 7.32. The van der Waals surface area contributed by atoms with Gasteiger partial charge in [-0.3, -0.25) is 4.90 Å². The second kappa shape index (κ2) is 8.76. The third kappa shape index (κ3) is 6.21. The predicted octanol–water partition coefficient (Wildman–Crippen LogP) is 2.22. The molecule has 0 saturated carbocycles. The van der Waals surface area contributed by atoms with Gasteiger partial charge in [0.1, 0.15) is 6.61 Å². The molecular weight excluding hydrogens is 250 g/mol. The van der Waals surface area contributed by atoms with Crippen LogP contribution in [-0.4, -0.2) is 41.9 Å². The highest BCUT2D eigenvalue weighted by Gasteiger charge is 2.15. The van der Waals surface area contributed by atoms with Gasteiger partial charge in [-0.2, -0.15) is 0 Å². The van der Waals surface area contributed by atoms with E-state index >= 15 is 0 Å². The van der Waals surface area contributed by atoms with Crippen molar-refractivity contribution in [3.63, 3.8) is 0 Å². The number of terminal acetylenes is 1. The minimum atomic E-state index is -0.518. The van der Waals surface area contributed by atoms with Crippen molar-refractivity contribution >= 4 is 0 Å². The van der Waals surface area contributed by atoms with Gasteiger partial charge in [-0.05, 0) is 26.3 Å². The number of ether oxygens (including phenoxy) is 1. The maximum Gasteiger partial charge on any atom is 0.107 e. The second-order valence-electron chi connectivity index (χ2n) is 5.39. The first-order chi connectivity index (χ1) is 9.52. The maximum absolute atomic E-state index is 9.99. The summed E-state index contributed by atoms with van der Waals surface area (Å²) in [4.78, 5) is 2.23. The van der Waals surface area contributed by atoms with Crippen LogP contribution in [-0.2, 0) is 11.3 Å². The third-order valence-electron chi connectivity index (χ3n) is 3.14. The SMILES string of the molecule is C#CCOCC(O)CN(Cc1cccc(C)c1)C(C)C. The summed E-state index contributed by atoms with van der Waals surface area (Å²) in [7, 11) is 0. The quantitative estimate of drug-likeness (QED) is 0.583. The molecule has 0 bridgehead atoms. The first kappa shape index (κ1) is 16.7. The van der Waals surface area contributed by atoms with Crippen LogP contribution >= 0.6 is 0 Å². The zero-order valence-corrected chi connectivity index (χ0v) is 12.7. The Morgan fingerprint density at radius 3 is 2.75 bits per heavy atom. The first-order valence-corrected chi connectivity index (χ1v) is 7.01. The van der Waals surface area contributed by atoms with Crippen LogP contribution in [0.3, 0.4) is 0 Å². The van der Waals surface area contributed by atoms with Gasteiger partial charge in [0, 0.05) is 19.1 Å². The highest BCUT2D eigenvalue weighted by atomic mass is 16.5. The molecule has 0 amide bonds. The first-order valence-electron chi connectivity index (χ1n) is 7.01. The number of aliphatic hydroxyl groups is 1. The molecule has 1 atom stereocenters.